The van der Waals surface area contributed by atoms with E-state index in [1.165, 1.54) is 19.2 Å². The quantitative estimate of drug-likeness (QED) is 0.716. The molecule has 1 rings (SSSR count). The zero-order chi connectivity index (χ0) is 12.1. The van der Waals surface area contributed by atoms with Crippen molar-refractivity contribution in [2.24, 2.45) is 5.92 Å². The molecule has 88 valence electrons. The van der Waals surface area contributed by atoms with Gasteiger partial charge in [0.1, 0.15) is 11.6 Å². The van der Waals surface area contributed by atoms with E-state index in [0.29, 0.717) is 11.3 Å². The second kappa shape index (κ2) is 5.64. The van der Waals surface area contributed by atoms with Crippen LogP contribution in [0.4, 0.5) is 4.39 Å². The molecule has 0 N–H and O–H groups in total. The number of ketones is 1. The minimum absolute atomic E-state index is 0.0281. The van der Waals surface area contributed by atoms with Gasteiger partial charge in [-0.3, -0.25) is 4.79 Å². The SMILES string of the molecule is CCCC(C)C(=O)c1cc(F)cc(OC)c1. The molecule has 0 fully saturated rings. The zero-order valence-corrected chi connectivity index (χ0v) is 9.92. The number of methoxy groups -OCH3 is 1. The third kappa shape index (κ3) is 3.05. The van der Waals surface area contributed by atoms with Crippen LogP contribution in [0.15, 0.2) is 18.2 Å². The molecule has 0 saturated carbocycles. The van der Waals surface area contributed by atoms with E-state index in [-0.39, 0.29) is 11.7 Å². The van der Waals surface area contributed by atoms with Gasteiger partial charge in [-0.15, -0.1) is 0 Å². The maximum atomic E-state index is 13.2. The molecule has 2 nitrogen and oxygen atoms in total. The number of Topliss-reactive ketones (excluding diaryl/α,β-unsaturated/α-hetero) is 1. The highest BCUT2D eigenvalue weighted by atomic mass is 19.1. The largest absolute Gasteiger partial charge is 0.497 e. The Morgan fingerprint density at radius 1 is 1.44 bits per heavy atom. The Balaban J connectivity index is 2.94. The van der Waals surface area contributed by atoms with Gasteiger partial charge in [0.25, 0.3) is 0 Å². The number of ether oxygens (including phenoxy) is 1. The van der Waals surface area contributed by atoms with Gasteiger partial charge in [0.15, 0.2) is 5.78 Å². The molecule has 1 aromatic rings. The lowest BCUT2D eigenvalue weighted by molar-refractivity contribution is 0.0922. The van der Waals surface area contributed by atoms with Crippen LogP contribution in [0, 0.1) is 11.7 Å². The summed E-state index contributed by atoms with van der Waals surface area (Å²) in [5.74, 6) is -0.158. The summed E-state index contributed by atoms with van der Waals surface area (Å²) in [7, 11) is 1.46. The van der Waals surface area contributed by atoms with Crippen molar-refractivity contribution in [2.75, 3.05) is 7.11 Å². The highest BCUT2D eigenvalue weighted by Gasteiger charge is 2.15. The van der Waals surface area contributed by atoms with Crippen LogP contribution < -0.4 is 4.74 Å². The van der Waals surface area contributed by atoms with E-state index in [2.05, 4.69) is 0 Å². The molecule has 16 heavy (non-hydrogen) atoms. The van der Waals surface area contributed by atoms with E-state index < -0.39 is 5.82 Å². The Morgan fingerprint density at radius 3 is 2.69 bits per heavy atom. The van der Waals surface area contributed by atoms with Crippen molar-refractivity contribution in [1.29, 1.82) is 0 Å². The Hall–Kier alpha value is -1.38. The number of rotatable bonds is 5. The Morgan fingerprint density at radius 2 is 2.12 bits per heavy atom. The maximum Gasteiger partial charge on any atom is 0.165 e. The van der Waals surface area contributed by atoms with Crippen molar-refractivity contribution in [3.05, 3.63) is 29.6 Å². The van der Waals surface area contributed by atoms with E-state index in [1.807, 2.05) is 13.8 Å². The molecular weight excluding hydrogens is 207 g/mol. The van der Waals surface area contributed by atoms with Crippen LogP contribution in [0.25, 0.3) is 0 Å². The van der Waals surface area contributed by atoms with Gasteiger partial charge in [0, 0.05) is 17.5 Å². The second-order valence-corrected chi connectivity index (χ2v) is 3.93. The monoisotopic (exact) mass is 224 g/mol. The van der Waals surface area contributed by atoms with Crippen molar-refractivity contribution in [1.82, 2.24) is 0 Å². The van der Waals surface area contributed by atoms with E-state index in [9.17, 15) is 9.18 Å². The van der Waals surface area contributed by atoms with E-state index in [0.717, 1.165) is 12.8 Å². The molecule has 0 bridgehead atoms. The average molecular weight is 224 g/mol. The lowest BCUT2D eigenvalue weighted by Crippen LogP contribution is -2.11. The number of halogens is 1. The topological polar surface area (TPSA) is 26.3 Å². The summed E-state index contributed by atoms with van der Waals surface area (Å²) in [5, 5.41) is 0. The van der Waals surface area contributed by atoms with Crippen molar-refractivity contribution >= 4 is 5.78 Å². The number of benzene rings is 1. The summed E-state index contributed by atoms with van der Waals surface area (Å²) in [4.78, 5) is 11.9. The molecule has 0 amide bonds. The first kappa shape index (κ1) is 12.7. The molecule has 0 heterocycles. The third-order valence-electron chi connectivity index (χ3n) is 2.56. The minimum atomic E-state index is -0.439. The van der Waals surface area contributed by atoms with Crippen molar-refractivity contribution < 1.29 is 13.9 Å². The van der Waals surface area contributed by atoms with Gasteiger partial charge in [0.2, 0.25) is 0 Å². The van der Waals surface area contributed by atoms with Crippen LogP contribution in [0.2, 0.25) is 0 Å². The first-order valence-electron chi connectivity index (χ1n) is 5.47. The van der Waals surface area contributed by atoms with Gasteiger partial charge in [-0.05, 0) is 18.6 Å². The summed E-state index contributed by atoms with van der Waals surface area (Å²) in [5.41, 5.74) is 0.387. The summed E-state index contributed by atoms with van der Waals surface area (Å²) in [6.07, 6.45) is 1.76. The van der Waals surface area contributed by atoms with Crippen LogP contribution in [0.5, 0.6) is 5.75 Å². The lowest BCUT2D eigenvalue weighted by Gasteiger charge is -2.10. The molecule has 0 aliphatic heterocycles. The molecule has 0 radical (unpaired) electrons. The van der Waals surface area contributed by atoms with E-state index in [1.54, 1.807) is 6.07 Å². The van der Waals surface area contributed by atoms with Gasteiger partial charge in [-0.2, -0.15) is 0 Å². The lowest BCUT2D eigenvalue weighted by atomic mass is 9.95. The fourth-order valence-electron chi connectivity index (χ4n) is 1.67. The average Bonchev–Trinajstić information content (AvgIpc) is 2.27. The van der Waals surface area contributed by atoms with Crippen molar-refractivity contribution in [3.8, 4) is 5.75 Å². The van der Waals surface area contributed by atoms with Crippen LogP contribution in [-0.4, -0.2) is 12.9 Å². The summed E-state index contributed by atoms with van der Waals surface area (Å²) in [6.45, 7) is 3.89. The van der Waals surface area contributed by atoms with Gasteiger partial charge in [0.05, 0.1) is 7.11 Å². The summed E-state index contributed by atoms with van der Waals surface area (Å²) >= 11 is 0. The highest BCUT2D eigenvalue weighted by Crippen LogP contribution is 2.20. The number of carbonyl (C=O) groups excluding carboxylic acids is 1. The Kier molecular flexibility index (Phi) is 4.47. The molecule has 0 saturated heterocycles. The van der Waals surface area contributed by atoms with Gasteiger partial charge >= 0.3 is 0 Å². The normalized spacial score (nSPS) is 12.2. The fourth-order valence-corrected chi connectivity index (χ4v) is 1.67. The molecule has 0 aliphatic rings. The molecule has 3 heteroatoms. The van der Waals surface area contributed by atoms with Crippen LogP contribution >= 0.6 is 0 Å². The van der Waals surface area contributed by atoms with Crippen molar-refractivity contribution in [3.63, 3.8) is 0 Å². The molecule has 1 atom stereocenters. The standard InChI is InChI=1S/C13H17FO2/c1-4-5-9(2)13(15)10-6-11(14)8-12(7-10)16-3/h6-9H,4-5H2,1-3H3. The highest BCUT2D eigenvalue weighted by molar-refractivity contribution is 5.97. The second-order valence-electron chi connectivity index (χ2n) is 3.93. The van der Waals surface area contributed by atoms with E-state index in [4.69, 9.17) is 4.74 Å². The summed E-state index contributed by atoms with van der Waals surface area (Å²) < 4.78 is 18.1. The van der Waals surface area contributed by atoms with Crippen LogP contribution in [0.1, 0.15) is 37.0 Å². The number of hydrogen-bond acceptors (Lipinski definition) is 2. The number of hydrogen-bond donors (Lipinski definition) is 0. The molecule has 1 aromatic carbocycles. The van der Waals surface area contributed by atoms with Gasteiger partial charge in [-0.1, -0.05) is 20.3 Å². The van der Waals surface area contributed by atoms with Gasteiger partial charge in [-0.25, -0.2) is 4.39 Å². The molecule has 0 aromatic heterocycles. The molecular formula is C13H17FO2. The zero-order valence-electron chi connectivity index (χ0n) is 9.92. The summed E-state index contributed by atoms with van der Waals surface area (Å²) in [6, 6.07) is 4.11. The van der Waals surface area contributed by atoms with Crippen molar-refractivity contribution in [2.45, 2.75) is 26.7 Å². The molecule has 0 spiro atoms. The first-order valence-corrected chi connectivity index (χ1v) is 5.47. The smallest absolute Gasteiger partial charge is 0.165 e. The predicted octanol–water partition coefficient (Wildman–Crippen LogP) is 3.45. The Bertz CT molecular complexity index is 374. The predicted molar refractivity (Wildman–Crippen MR) is 61.4 cm³/mol. The van der Waals surface area contributed by atoms with Crippen LogP contribution in [0.3, 0.4) is 0 Å². The molecule has 0 aliphatic carbocycles. The third-order valence-corrected chi connectivity index (χ3v) is 2.56. The Labute approximate surface area is 95.4 Å². The first-order chi connectivity index (χ1) is 7.58. The van der Waals surface area contributed by atoms with Gasteiger partial charge < -0.3 is 4.74 Å². The van der Waals surface area contributed by atoms with E-state index >= 15 is 0 Å². The number of carbonyl (C=O) groups is 1. The van der Waals surface area contributed by atoms with Crippen LogP contribution in [-0.2, 0) is 0 Å². The fraction of sp³-hybridized carbons (Fsp3) is 0.462. The maximum absolute atomic E-state index is 13.2. The minimum Gasteiger partial charge on any atom is -0.497 e. The molecule has 1 unspecified atom stereocenters.